The van der Waals surface area contributed by atoms with Crippen LogP contribution in [-0.4, -0.2) is 48.5 Å². The van der Waals surface area contributed by atoms with E-state index in [9.17, 15) is 13.2 Å². The lowest BCUT2D eigenvalue weighted by atomic mass is 10.1. The summed E-state index contributed by atoms with van der Waals surface area (Å²) in [6.45, 7) is 0.0227. The van der Waals surface area contributed by atoms with Crippen molar-refractivity contribution in [2.45, 2.75) is 19.0 Å². The van der Waals surface area contributed by atoms with Crippen LogP contribution in [0.1, 0.15) is 12.0 Å². The summed E-state index contributed by atoms with van der Waals surface area (Å²) in [5.41, 5.74) is 0.690. The van der Waals surface area contributed by atoms with Crippen LogP contribution in [0.15, 0.2) is 18.2 Å². The molecule has 1 aliphatic heterocycles. The van der Waals surface area contributed by atoms with Crippen LogP contribution in [0.5, 0.6) is 0 Å². The maximum absolute atomic E-state index is 11.6. The van der Waals surface area contributed by atoms with E-state index in [1.165, 1.54) is 0 Å². The van der Waals surface area contributed by atoms with Crippen LogP contribution >= 0.6 is 23.2 Å². The van der Waals surface area contributed by atoms with Crippen molar-refractivity contribution in [2.75, 3.05) is 18.1 Å². The van der Waals surface area contributed by atoms with Gasteiger partial charge in [-0.05, 0) is 30.2 Å². The lowest BCUT2D eigenvalue weighted by molar-refractivity contribution is -0.139. The van der Waals surface area contributed by atoms with Gasteiger partial charge in [0, 0.05) is 22.6 Å². The first-order valence-corrected chi connectivity index (χ1v) is 8.95. The van der Waals surface area contributed by atoms with Crippen LogP contribution < -0.4 is 0 Å². The molecule has 0 aromatic heterocycles. The molecular formula is C13H15Cl2NO4S. The van der Waals surface area contributed by atoms with E-state index >= 15 is 0 Å². The zero-order valence-corrected chi connectivity index (χ0v) is 13.5. The van der Waals surface area contributed by atoms with E-state index in [0.29, 0.717) is 22.0 Å². The maximum atomic E-state index is 11.6. The number of sulfone groups is 1. The third-order valence-corrected chi connectivity index (χ3v) is 5.80. The predicted molar refractivity (Wildman–Crippen MR) is 81.6 cm³/mol. The average molecular weight is 352 g/mol. The van der Waals surface area contributed by atoms with Crippen LogP contribution in [-0.2, 0) is 21.2 Å². The first-order chi connectivity index (χ1) is 9.77. The Kier molecular flexibility index (Phi) is 5.14. The zero-order chi connectivity index (χ0) is 15.6. The molecule has 0 saturated carbocycles. The Hall–Kier alpha value is -0.820. The van der Waals surface area contributed by atoms with E-state index in [2.05, 4.69) is 0 Å². The summed E-state index contributed by atoms with van der Waals surface area (Å²) in [5, 5.41) is 10.0. The number of halogens is 2. The quantitative estimate of drug-likeness (QED) is 0.878. The number of carboxylic acids is 1. The van der Waals surface area contributed by atoms with Crippen molar-refractivity contribution in [1.29, 1.82) is 0 Å². The smallest absolute Gasteiger partial charge is 0.317 e. The Balaban J connectivity index is 2.20. The molecular weight excluding hydrogens is 337 g/mol. The van der Waals surface area contributed by atoms with Crippen LogP contribution in [0.25, 0.3) is 0 Å². The highest BCUT2D eigenvalue weighted by atomic mass is 35.5. The molecule has 1 unspecified atom stereocenters. The van der Waals surface area contributed by atoms with Gasteiger partial charge < -0.3 is 5.11 Å². The van der Waals surface area contributed by atoms with Gasteiger partial charge >= 0.3 is 5.97 Å². The van der Waals surface area contributed by atoms with Gasteiger partial charge in [-0.2, -0.15) is 0 Å². The number of aliphatic carboxylic acids is 1. The standard InChI is InChI=1S/C13H15Cl2NO4S/c14-10-1-2-12(15)9(5-10)6-16(7-13(17)18)11-3-4-21(19,20)8-11/h1-2,5,11H,3-4,6-8H2,(H,17,18). The number of carboxylic acid groups (broad SMARTS) is 1. The van der Waals surface area contributed by atoms with Gasteiger partial charge in [0.15, 0.2) is 9.84 Å². The molecule has 1 N–H and O–H groups in total. The summed E-state index contributed by atoms with van der Waals surface area (Å²) in [6.07, 6.45) is 0.438. The van der Waals surface area contributed by atoms with Gasteiger partial charge in [-0.25, -0.2) is 8.42 Å². The molecule has 2 rings (SSSR count). The molecule has 1 aromatic carbocycles. The van der Waals surface area contributed by atoms with Gasteiger partial charge in [-0.3, -0.25) is 9.69 Å². The number of hydrogen-bond donors (Lipinski definition) is 1. The Morgan fingerprint density at radius 3 is 2.67 bits per heavy atom. The molecule has 0 aliphatic carbocycles. The molecule has 0 bridgehead atoms. The SMILES string of the molecule is O=C(O)CN(Cc1cc(Cl)ccc1Cl)C1CCS(=O)(=O)C1. The van der Waals surface area contributed by atoms with E-state index < -0.39 is 15.8 Å². The lowest BCUT2D eigenvalue weighted by Gasteiger charge is -2.26. The zero-order valence-electron chi connectivity index (χ0n) is 11.1. The molecule has 1 saturated heterocycles. The van der Waals surface area contributed by atoms with Crippen molar-refractivity contribution in [3.8, 4) is 0 Å². The molecule has 116 valence electrons. The van der Waals surface area contributed by atoms with E-state index in [1.54, 1.807) is 23.1 Å². The Bertz CT molecular complexity index is 648. The van der Waals surface area contributed by atoms with Crippen molar-refractivity contribution >= 4 is 39.0 Å². The van der Waals surface area contributed by atoms with E-state index in [4.69, 9.17) is 28.3 Å². The fourth-order valence-corrected chi connectivity index (χ4v) is 4.57. The summed E-state index contributed by atoms with van der Waals surface area (Å²) in [5.74, 6) is -0.923. The minimum atomic E-state index is -3.08. The number of rotatable bonds is 5. The summed E-state index contributed by atoms with van der Waals surface area (Å²) in [7, 11) is -3.08. The van der Waals surface area contributed by atoms with E-state index in [1.807, 2.05) is 0 Å². The van der Waals surface area contributed by atoms with Gasteiger partial charge in [-0.15, -0.1) is 0 Å². The molecule has 0 radical (unpaired) electrons. The number of carbonyl (C=O) groups is 1. The predicted octanol–water partition coefficient (Wildman–Crippen LogP) is 2.07. The highest BCUT2D eigenvalue weighted by Gasteiger charge is 2.33. The summed E-state index contributed by atoms with van der Waals surface area (Å²) < 4.78 is 23.2. The van der Waals surface area contributed by atoms with Crippen molar-refractivity contribution in [2.24, 2.45) is 0 Å². The third kappa shape index (κ3) is 4.57. The lowest BCUT2D eigenvalue weighted by Crippen LogP contribution is -2.39. The van der Waals surface area contributed by atoms with Crippen molar-refractivity contribution in [1.82, 2.24) is 4.90 Å². The van der Waals surface area contributed by atoms with Crippen molar-refractivity contribution in [3.63, 3.8) is 0 Å². The molecule has 1 heterocycles. The monoisotopic (exact) mass is 351 g/mol. The van der Waals surface area contributed by atoms with Gasteiger partial charge in [-0.1, -0.05) is 23.2 Å². The minimum absolute atomic E-state index is 0.0154. The number of benzene rings is 1. The molecule has 0 spiro atoms. The highest BCUT2D eigenvalue weighted by Crippen LogP contribution is 2.25. The Morgan fingerprint density at radius 1 is 1.38 bits per heavy atom. The Labute approximate surface area is 133 Å². The topological polar surface area (TPSA) is 74.7 Å². The molecule has 8 heteroatoms. The van der Waals surface area contributed by atoms with Crippen LogP contribution in [0, 0.1) is 0 Å². The summed E-state index contributed by atoms with van der Waals surface area (Å²) >= 11 is 12.0. The van der Waals surface area contributed by atoms with Gasteiger partial charge in [0.1, 0.15) is 0 Å². The first-order valence-electron chi connectivity index (χ1n) is 6.37. The minimum Gasteiger partial charge on any atom is -0.480 e. The van der Waals surface area contributed by atoms with Gasteiger partial charge in [0.2, 0.25) is 0 Å². The molecule has 5 nitrogen and oxygen atoms in total. The van der Waals surface area contributed by atoms with Crippen LogP contribution in [0.2, 0.25) is 10.0 Å². The van der Waals surface area contributed by atoms with E-state index in [-0.39, 0.29) is 30.6 Å². The summed E-state index contributed by atoms with van der Waals surface area (Å²) in [6, 6.07) is 4.65. The second kappa shape index (κ2) is 6.52. The molecule has 1 aliphatic rings. The number of hydrogen-bond acceptors (Lipinski definition) is 4. The highest BCUT2D eigenvalue weighted by molar-refractivity contribution is 7.91. The van der Waals surface area contributed by atoms with Crippen molar-refractivity contribution < 1.29 is 18.3 Å². The van der Waals surface area contributed by atoms with Crippen LogP contribution in [0.4, 0.5) is 0 Å². The van der Waals surface area contributed by atoms with Crippen LogP contribution in [0.3, 0.4) is 0 Å². The first kappa shape index (κ1) is 16.5. The largest absolute Gasteiger partial charge is 0.480 e. The molecule has 1 atom stereocenters. The number of nitrogens with zero attached hydrogens (tertiary/aromatic N) is 1. The second-order valence-corrected chi connectivity index (χ2v) is 8.16. The fraction of sp³-hybridized carbons (Fsp3) is 0.462. The fourth-order valence-electron chi connectivity index (χ4n) is 2.43. The third-order valence-electron chi connectivity index (χ3n) is 3.44. The van der Waals surface area contributed by atoms with E-state index in [0.717, 1.165) is 0 Å². The molecule has 21 heavy (non-hydrogen) atoms. The molecule has 1 aromatic rings. The second-order valence-electron chi connectivity index (χ2n) is 5.09. The van der Waals surface area contributed by atoms with Gasteiger partial charge in [0.05, 0.1) is 18.1 Å². The Morgan fingerprint density at radius 2 is 2.10 bits per heavy atom. The average Bonchev–Trinajstić information content (AvgIpc) is 2.73. The summed E-state index contributed by atoms with van der Waals surface area (Å²) in [4.78, 5) is 12.6. The molecule has 1 fully saturated rings. The van der Waals surface area contributed by atoms with Crippen molar-refractivity contribution in [3.05, 3.63) is 33.8 Å². The van der Waals surface area contributed by atoms with Gasteiger partial charge in [0.25, 0.3) is 0 Å². The normalized spacial score (nSPS) is 20.8. The maximum Gasteiger partial charge on any atom is 0.317 e. The molecule has 0 amide bonds.